The van der Waals surface area contributed by atoms with E-state index in [1.807, 2.05) is 0 Å². The van der Waals surface area contributed by atoms with E-state index in [0.29, 0.717) is 12.0 Å². The molecule has 1 N–H and O–H groups in total. The number of ketones is 1. The minimum Gasteiger partial charge on any atom is -0.497 e. The second kappa shape index (κ2) is 13.0. The van der Waals surface area contributed by atoms with Crippen LogP contribution in [0.3, 0.4) is 0 Å². The molecule has 0 aliphatic heterocycles. The number of unbranched alkanes of at least 4 members (excludes halogenated alkanes) is 9. The number of aliphatic hydroxyl groups excluding tert-OH is 1. The van der Waals surface area contributed by atoms with Crippen molar-refractivity contribution in [3.63, 3.8) is 0 Å². The van der Waals surface area contributed by atoms with Crippen LogP contribution in [0.15, 0.2) is 24.3 Å². The van der Waals surface area contributed by atoms with Crippen molar-refractivity contribution in [2.75, 3.05) is 7.11 Å². The fraction of sp³-hybridized carbons (Fsp3) is 0.667. The second-order valence-corrected chi connectivity index (χ2v) is 6.58. The SMILES string of the molecule is CCCCCCCCCCCC[C@@H](O)C(=O)c1ccc(OC)cc1. The number of hydrogen-bond donors (Lipinski definition) is 1. The maximum absolute atomic E-state index is 12.1. The molecule has 0 aliphatic carbocycles. The first-order valence-electron chi connectivity index (χ1n) is 9.55. The Morgan fingerprint density at radius 2 is 1.42 bits per heavy atom. The Morgan fingerprint density at radius 1 is 0.917 bits per heavy atom. The molecule has 1 atom stereocenters. The molecule has 1 aromatic rings. The third-order valence-electron chi connectivity index (χ3n) is 4.51. The Morgan fingerprint density at radius 3 is 1.92 bits per heavy atom. The van der Waals surface area contributed by atoms with Crippen LogP contribution >= 0.6 is 0 Å². The molecule has 0 spiro atoms. The molecule has 0 saturated carbocycles. The zero-order valence-electron chi connectivity index (χ0n) is 15.4. The van der Waals surface area contributed by atoms with E-state index in [1.54, 1.807) is 31.4 Å². The van der Waals surface area contributed by atoms with Crippen molar-refractivity contribution in [3.05, 3.63) is 29.8 Å². The molecule has 0 heterocycles. The van der Waals surface area contributed by atoms with Gasteiger partial charge < -0.3 is 9.84 Å². The zero-order valence-corrected chi connectivity index (χ0v) is 15.4. The summed E-state index contributed by atoms with van der Waals surface area (Å²) in [5, 5.41) is 10.0. The third-order valence-corrected chi connectivity index (χ3v) is 4.51. The van der Waals surface area contributed by atoms with Gasteiger partial charge in [0.1, 0.15) is 11.9 Å². The van der Waals surface area contributed by atoms with E-state index >= 15 is 0 Å². The molecule has 1 rings (SSSR count). The van der Waals surface area contributed by atoms with Crippen LogP contribution < -0.4 is 4.74 Å². The van der Waals surface area contributed by atoms with Gasteiger partial charge in [0.15, 0.2) is 5.78 Å². The van der Waals surface area contributed by atoms with Gasteiger partial charge >= 0.3 is 0 Å². The summed E-state index contributed by atoms with van der Waals surface area (Å²) < 4.78 is 5.07. The lowest BCUT2D eigenvalue weighted by molar-refractivity contribution is 0.0725. The normalized spacial score (nSPS) is 12.1. The van der Waals surface area contributed by atoms with Crippen molar-refractivity contribution in [1.82, 2.24) is 0 Å². The molecular weight excluding hydrogens is 300 g/mol. The number of benzene rings is 1. The molecule has 3 nitrogen and oxygen atoms in total. The molecule has 0 aromatic heterocycles. The molecule has 0 aliphatic rings. The number of carbonyl (C=O) groups is 1. The molecule has 0 saturated heterocycles. The number of carbonyl (C=O) groups excluding carboxylic acids is 1. The highest BCUT2D eigenvalue weighted by Crippen LogP contribution is 2.16. The topological polar surface area (TPSA) is 46.5 Å². The third kappa shape index (κ3) is 8.49. The average molecular weight is 335 g/mol. The van der Waals surface area contributed by atoms with Gasteiger partial charge in [-0.15, -0.1) is 0 Å². The van der Waals surface area contributed by atoms with Crippen molar-refractivity contribution in [2.24, 2.45) is 0 Å². The fourth-order valence-corrected chi connectivity index (χ4v) is 2.90. The summed E-state index contributed by atoms with van der Waals surface area (Å²) in [5.41, 5.74) is 0.551. The molecule has 24 heavy (non-hydrogen) atoms. The highest BCUT2D eigenvalue weighted by molar-refractivity contribution is 5.99. The molecule has 3 heteroatoms. The number of hydrogen-bond acceptors (Lipinski definition) is 3. The number of rotatable bonds is 14. The van der Waals surface area contributed by atoms with Crippen molar-refractivity contribution < 1.29 is 14.6 Å². The van der Waals surface area contributed by atoms with Gasteiger partial charge in [0.05, 0.1) is 7.11 Å². The van der Waals surface area contributed by atoms with Gasteiger partial charge in [-0.2, -0.15) is 0 Å². The monoisotopic (exact) mass is 334 g/mol. The van der Waals surface area contributed by atoms with E-state index in [4.69, 9.17) is 4.74 Å². The van der Waals surface area contributed by atoms with Gasteiger partial charge in [-0.05, 0) is 30.7 Å². The summed E-state index contributed by atoms with van der Waals surface area (Å²) in [6.45, 7) is 2.24. The second-order valence-electron chi connectivity index (χ2n) is 6.58. The molecule has 0 radical (unpaired) electrons. The van der Waals surface area contributed by atoms with Gasteiger partial charge in [0, 0.05) is 5.56 Å². The molecule has 0 amide bonds. The number of ether oxygens (including phenoxy) is 1. The maximum atomic E-state index is 12.1. The Kier molecular flexibility index (Phi) is 11.2. The highest BCUT2D eigenvalue weighted by Gasteiger charge is 2.16. The molecule has 136 valence electrons. The molecule has 0 unspecified atom stereocenters. The van der Waals surface area contributed by atoms with Crippen molar-refractivity contribution >= 4 is 5.78 Å². The summed E-state index contributed by atoms with van der Waals surface area (Å²) >= 11 is 0. The lowest BCUT2D eigenvalue weighted by Crippen LogP contribution is -2.20. The number of Topliss-reactive ketones (excluding diaryl/α,β-unsaturated/α-hetero) is 1. The fourth-order valence-electron chi connectivity index (χ4n) is 2.90. The quantitative estimate of drug-likeness (QED) is 0.358. The zero-order chi connectivity index (χ0) is 17.6. The van der Waals surface area contributed by atoms with E-state index < -0.39 is 6.10 Å². The molecule has 1 aromatic carbocycles. The minimum atomic E-state index is -0.882. The predicted molar refractivity (Wildman–Crippen MR) is 99.8 cm³/mol. The Bertz CT molecular complexity index is 439. The summed E-state index contributed by atoms with van der Waals surface area (Å²) in [5.74, 6) is 0.532. The van der Waals surface area contributed by atoms with Crippen LogP contribution in [0.25, 0.3) is 0 Å². The lowest BCUT2D eigenvalue weighted by Gasteiger charge is -2.10. The minimum absolute atomic E-state index is 0.187. The Hall–Kier alpha value is -1.35. The van der Waals surface area contributed by atoms with Crippen LogP contribution in [0.4, 0.5) is 0 Å². The summed E-state index contributed by atoms with van der Waals surface area (Å²) in [4.78, 5) is 12.1. The highest BCUT2D eigenvalue weighted by atomic mass is 16.5. The van der Waals surface area contributed by atoms with Crippen LogP contribution in [-0.4, -0.2) is 24.1 Å². The van der Waals surface area contributed by atoms with Gasteiger partial charge in [-0.1, -0.05) is 71.1 Å². The number of methoxy groups -OCH3 is 1. The Labute approximate surface area is 147 Å². The first-order chi connectivity index (χ1) is 11.7. The van der Waals surface area contributed by atoms with Crippen LogP contribution in [-0.2, 0) is 0 Å². The van der Waals surface area contributed by atoms with Gasteiger partial charge in [-0.25, -0.2) is 0 Å². The van der Waals surface area contributed by atoms with Gasteiger partial charge in [-0.3, -0.25) is 4.79 Å². The predicted octanol–water partition coefficient (Wildman–Crippen LogP) is 5.55. The molecule has 0 bridgehead atoms. The molecule has 0 fully saturated rings. The van der Waals surface area contributed by atoms with E-state index in [0.717, 1.165) is 18.6 Å². The largest absolute Gasteiger partial charge is 0.497 e. The number of aliphatic hydroxyl groups is 1. The first-order valence-corrected chi connectivity index (χ1v) is 9.55. The van der Waals surface area contributed by atoms with Crippen LogP contribution in [0.1, 0.15) is 87.9 Å². The van der Waals surface area contributed by atoms with Gasteiger partial charge in [0.25, 0.3) is 0 Å². The van der Waals surface area contributed by atoms with Crippen LogP contribution in [0, 0.1) is 0 Å². The summed E-state index contributed by atoms with van der Waals surface area (Å²) in [6, 6.07) is 6.92. The van der Waals surface area contributed by atoms with Gasteiger partial charge in [0.2, 0.25) is 0 Å². The van der Waals surface area contributed by atoms with Crippen molar-refractivity contribution in [3.8, 4) is 5.75 Å². The van der Waals surface area contributed by atoms with E-state index in [9.17, 15) is 9.90 Å². The van der Waals surface area contributed by atoms with Crippen LogP contribution in [0.5, 0.6) is 5.75 Å². The molecular formula is C21H34O3. The Balaban J connectivity index is 2.08. The van der Waals surface area contributed by atoms with Crippen molar-refractivity contribution in [1.29, 1.82) is 0 Å². The maximum Gasteiger partial charge on any atom is 0.191 e. The smallest absolute Gasteiger partial charge is 0.191 e. The average Bonchev–Trinajstić information content (AvgIpc) is 2.62. The summed E-state index contributed by atoms with van der Waals surface area (Å²) in [7, 11) is 1.59. The van der Waals surface area contributed by atoms with E-state index in [2.05, 4.69) is 6.92 Å². The summed E-state index contributed by atoms with van der Waals surface area (Å²) in [6.07, 6.45) is 12.2. The standard InChI is InChI=1S/C21H34O3/c1-3-4-5-6-7-8-9-10-11-12-13-20(22)21(23)18-14-16-19(24-2)17-15-18/h14-17,20,22H,3-13H2,1-2H3/t20-/m1/s1. The van der Waals surface area contributed by atoms with Crippen LogP contribution in [0.2, 0.25) is 0 Å². The van der Waals surface area contributed by atoms with E-state index in [-0.39, 0.29) is 5.78 Å². The lowest BCUT2D eigenvalue weighted by atomic mass is 10.00. The van der Waals surface area contributed by atoms with Crippen molar-refractivity contribution in [2.45, 2.75) is 83.7 Å². The van der Waals surface area contributed by atoms with E-state index in [1.165, 1.54) is 51.4 Å². The first kappa shape index (κ1) is 20.7.